The standard InChI is InChI=1S/C18H16N2O2/c21-18(22)13-6-5-12-9-17-15-4-2-1-3-14(15)11-19-7-8-20(17)16(12)10-13/h5-11H,1-4H2,(H,21,22)/b8-7-,19-11?. The molecule has 22 heavy (non-hydrogen) atoms. The van der Waals surface area contributed by atoms with Crippen LogP contribution in [0, 0.1) is 0 Å². The summed E-state index contributed by atoms with van der Waals surface area (Å²) in [5.74, 6) is -0.900. The molecule has 1 aliphatic carbocycles. The summed E-state index contributed by atoms with van der Waals surface area (Å²) in [5.41, 5.74) is 5.03. The van der Waals surface area contributed by atoms with E-state index in [1.807, 2.05) is 18.5 Å². The predicted molar refractivity (Wildman–Crippen MR) is 88.1 cm³/mol. The first-order chi connectivity index (χ1) is 10.7. The summed E-state index contributed by atoms with van der Waals surface area (Å²) in [6, 6.07) is 7.44. The molecule has 2 heterocycles. The number of aromatic nitrogens is 1. The Bertz CT molecular complexity index is 869. The van der Waals surface area contributed by atoms with Crippen molar-refractivity contribution in [3.8, 4) is 0 Å². The third kappa shape index (κ3) is 1.99. The quantitative estimate of drug-likeness (QED) is 0.857. The van der Waals surface area contributed by atoms with Crippen LogP contribution in [0.25, 0.3) is 22.7 Å². The first-order valence-electron chi connectivity index (χ1n) is 7.54. The lowest BCUT2D eigenvalue weighted by atomic mass is 9.90. The van der Waals surface area contributed by atoms with Gasteiger partial charge in [0.05, 0.1) is 11.1 Å². The normalized spacial score (nSPS) is 18.5. The highest BCUT2D eigenvalue weighted by atomic mass is 16.4. The zero-order valence-corrected chi connectivity index (χ0v) is 12.1. The van der Waals surface area contributed by atoms with Crippen molar-refractivity contribution in [1.82, 2.24) is 4.57 Å². The highest BCUT2D eigenvalue weighted by Gasteiger charge is 2.19. The van der Waals surface area contributed by atoms with Gasteiger partial charge < -0.3 is 9.67 Å². The molecule has 0 saturated heterocycles. The van der Waals surface area contributed by atoms with Crippen molar-refractivity contribution in [2.24, 2.45) is 4.99 Å². The molecule has 4 heteroatoms. The van der Waals surface area contributed by atoms with Gasteiger partial charge in [-0.25, -0.2) is 4.79 Å². The van der Waals surface area contributed by atoms with Crippen LogP contribution in [-0.4, -0.2) is 21.9 Å². The molecule has 1 aliphatic heterocycles. The van der Waals surface area contributed by atoms with E-state index in [-0.39, 0.29) is 0 Å². The zero-order valence-electron chi connectivity index (χ0n) is 12.1. The summed E-state index contributed by atoms with van der Waals surface area (Å²) in [7, 11) is 0. The fraction of sp³-hybridized carbons (Fsp3) is 0.222. The van der Waals surface area contributed by atoms with Crippen LogP contribution in [0.2, 0.25) is 0 Å². The summed E-state index contributed by atoms with van der Waals surface area (Å²) < 4.78 is 2.07. The van der Waals surface area contributed by atoms with Crippen LogP contribution in [0.3, 0.4) is 0 Å². The predicted octanol–water partition coefficient (Wildman–Crippen LogP) is 4.18. The van der Waals surface area contributed by atoms with Gasteiger partial charge in [0.1, 0.15) is 0 Å². The fourth-order valence-electron chi connectivity index (χ4n) is 3.35. The van der Waals surface area contributed by atoms with Crippen LogP contribution in [0.1, 0.15) is 41.7 Å². The first-order valence-corrected chi connectivity index (χ1v) is 7.54. The third-order valence-corrected chi connectivity index (χ3v) is 4.44. The van der Waals surface area contributed by atoms with E-state index in [1.165, 1.54) is 24.0 Å². The van der Waals surface area contributed by atoms with E-state index in [4.69, 9.17) is 0 Å². The largest absolute Gasteiger partial charge is 0.478 e. The first kappa shape index (κ1) is 13.1. The maximum atomic E-state index is 11.2. The molecule has 0 fully saturated rings. The molecule has 2 aliphatic rings. The molecule has 1 N–H and O–H groups in total. The van der Waals surface area contributed by atoms with Crippen molar-refractivity contribution < 1.29 is 9.90 Å². The van der Waals surface area contributed by atoms with Crippen molar-refractivity contribution in [3.63, 3.8) is 0 Å². The van der Waals surface area contributed by atoms with Crippen LogP contribution in [0.4, 0.5) is 0 Å². The number of hydrogen-bond acceptors (Lipinski definition) is 2. The molecule has 4 rings (SSSR count). The van der Waals surface area contributed by atoms with Gasteiger partial charge in [-0.05, 0) is 55.0 Å². The SMILES string of the molecule is O=C(O)c1ccc2cc3n(c2c1)/C=C\N=CC1=C3CCCC1. The monoisotopic (exact) mass is 292 g/mol. The number of carboxylic acid groups (broad SMARTS) is 1. The number of nitrogens with zero attached hydrogens (tertiary/aromatic N) is 2. The second kappa shape index (κ2) is 4.98. The van der Waals surface area contributed by atoms with Gasteiger partial charge in [-0.15, -0.1) is 0 Å². The van der Waals surface area contributed by atoms with E-state index in [0.717, 1.165) is 29.4 Å². The van der Waals surface area contributed by atoms with E-state index in [9.17, 15) is 9.90 Å². The zero-order chi connectivity index (χ0) is 15.1. The molecule has 0 radical (unpaired) electrons. The summed E-state index contributed by atoms with van der Waals surface area (Å²) in [5, 5.41) is 10.3. The minimum atomic E-state index is -0.900. The average Bonchev–Trinajstić information content (AvgIpc) is 2.86. The Kier molecular flexibility index (Phi) is 2.96. The molecule has 110 valence electrons. The highest BCUT2D eigenvalue weighted by Crippen LogP contribution is 2.35. The maximum Gasteiger partial charge on any atom is 0.335 e. The number of fused-ring (bicyclic) bond motifs is 4. The van der Waals surface area contributed by atoms with Crippen molar-refractivity contribution in [1.29, 1.82) is 0 Å². The Morgan fingerprint density at radius 1 is 1.18 bits per heavy atom. The lowest BCUT2D eigenvalue weighted by molar-refractivity contribution is 0.0697. The number of rotatable bonds is 1. The molecule has 1 aromatic heterocycles. The van der Waals surface area contributed by atoms with E-state index >= 15 is 0 Å². The van der Waals surface area contributed by atoms with Crippen LogP contribution < -0.4 is 0 Å². The minimum absolute atomic E-state index is 0.310. The number of allylic oxidation sites excluding steroid dienone is 2. The molecule has 1 aromatic carbocycles. The molecule has 0 bridgehead atoms. The second-order valence-electron chi connectivity index (χ2n) is 5.77. The number of hydrogen-bond donors (Lipinski definition) is 1. The maximum absolute atomic E-state index is 11.2. The van der Waals surface area contributed by atoms with Crippen molar-refractivity contribution >= 4 is 34.9 Å². The molecule has 0 atom stereocenters. The van der Waals surface area contributed by atoms with Crippen LogP contribution in [0.15, 0.2) is 41.0 Å². The van der Waals surface area contributed by atoms with Gasteiger partial charge >= 0.3 is 5.97 Å². The molecular formula is C18H16N2O2. The molecule has 0 spiro atoms. The Morgan fingerprint density at radius 3 is 2.91 bits per heavy atom. The van der Waals surface area contributed by atoms with E-state index in [1.54, 1.807) is 18.3 Å². The summed E-state index contributed by atoms with van der Waals surface area (Å²) in [6.07, 6.45) is 10.2. The molecule has 2 aromatic rings. The Morgan fingerprint density at radius 2 is 2.05 bits per heavy atom. The molecule has 4 nitrogen and oxygen atoms in total. The summed E-state index contributed by atoms with van der Waals surface area (Å²) >= 11 is 0. The minimum Gasteiger partial charge on any atom is -0.478 e. The number of aliphatic imine (C=N–C) groups is 1. The Balaban J connectivity index is 2.00. The summed E-state index contributed by atoms with van der Waals surface area (Å²) in [6.45, 7) is 0. The lowest BCUT2D eigenvalue weighted by Gasteiger charge is -2.19. The smallest absolute Gasteiger partial charge is 0.335 e. The third-order valence-electron chi connectivity index (χ3n) is 4.44. The van der Waals surface area contributed by atoms with Crippen LogP contribution in [-0.2, 0) is 0 Å². The lowest BCUT2D eigenvalue weighted by Crippen LogP contribution is -2.05. The van der Waals surface area contributed by atoms with Gasteiger partial charge in [0, 0.05) is 29.7 Å². The van der Waals surface area contributed by atoms with Gasteiger partial charge in [0.2, 0.25) is 0 Å². The fourth-order valence-corrected chi connectivity index (χ4v) is 3.35. The Labute approximate surface area is 128 Å². The van der Waals surface area contributed by atoms with Gasteiger partial charge in [-0.2, -0.15) is 0 Å². The number of benzene rings is 1. The van der Waals surface area contributed by atoms with Gasteiger partial charge in [-0.1, -0.05) is 6.07 Å². The van der Waals surface area contributed by atoms with Crippen molar-refractivity contribution in [3.05, 3.63) is 47.3 Å². The molecule has 0 saturated carbocycles. The van der Waals surface area contributed by atoms with Crippen LogP contribution >= 0.6 is 0 Å². The highest BCUT2D eigenvalue weighted by molar-refractivity contribution is 5.98. The van der Waals surface area contributed by atoms with E-state index in [0.29, 0.717) is 5.56 Å². The molecule has 0 amide bonds. The van der Waals surface area contributed by atoms with Gasteiger partial charge in [-0.3, -0.25) is 4.99 Å². The number of aromatic carboxylic acids is 1. The average molecular weight is 292 g/mol. The van der Waals surface area contributed by atoms with Crippen molar-refractivity contribution in [2.75, 3.05) is 0 Å². The van der Waals surface area contributed by atoms with Gasteiger partial charge in [0.15, 0.2) is 0 Å². The number of carbonyl (C=O) groups is 1. The molecule has 0 unspecified atom stereocenters. The van der Waals surface area contributed by atoms with Gasteiger partial charge in [0.25, 0.3) is 0 Å². The topological polar surface area (TPSA) is 54.6 Å². The Hall–Kier alpha value is -2.62. The van der Waals surface area contributed by atoms with Crippen molar-refractivity contribution in [2.45, 2.75) is 25.7 Å². The van der Waals surface area contributed by atoms with E-state index in [2.05, 4.69) is 15.6 Å². The second-order valence-corrected chi connectivity index (χ2v) is 5.77. The van der Waals surface area contributed by atoms with Crippen LogP contribution in [0.5, 0.6) is 0 Å². The van der Waals surface area contributed by atoms with E-state index < -0.39 is 5.97 Å². The number of carboxylic acids is 1. The summed E-state index contributed by atoms with van der Waals surface area (Å²) in [4.78, 5) is 15.6. The molecular weight excluding hydrogens is 276 g/mol.